The van der Waals surface area contributed by atoms with E-state index in [1.807, 2.05) is 37.2 Å². The lowest BCUT2D eigenvalue weighted by Crippen LogP contribution is -2.38. The summed E-state index contributed by atoms with van der Waals surface area (Å²) in [6.07, 6.45) is 3.72. The summed E-state index contributed by atoms with van der Waals surface area (Å²) in [5.41, 5.74) is 0.101. The standard InChI is InChI=1S/C17H23N3O3S/c1-17(2,3)22-11-13-10-14(19-23-13)16(21)20-7-4-12(5-8-20)15-18-6-9-24-15/h6,9-10,12H,4-5,7-8,11H2,1-3H3. The van der Waals surface area contributed by atoms with Crippen LogP contribution in [0.2, 0.25) is 0 Å². The molecule has 0 bridgehead atoms. The van der Waals surface area contributed by atoms with E-state index in [-0.39, 0.29) is 11.5 Å². The van der Waals surface area contributed by atoms with Crippen LogP contribution in [0.3, 0.4) is 0 Å². The Morgan fingerprint density at radius 3 is 2.79 bits per heavy atom. The van der Waals surface area contributed by atoms with Gasteiger partial charge in [-0.1, -0.05) is 5.16 Å². The summed E-state index contributed by atoms with van der Waals surface area (Å²) in [7, 11) is 0. The van der Waals surface area contributed by atoms with Crippen LogP contribution in [0.4, 0.5) is 0 Å². The van der Waals surface area contributed by atoms with Crippen LogP contribution in [-0.4, -0.2) is 39.6 Å². The van der Waals surface area contributed by atoms with Crippen LogP contribution < -0.4 is 0 Å². The van der Waals surface area contributed by atoms with E-state index >= 15 is 0 Å². The smallest absolute Gasteiger partial charge is 0.276 e. The summed E-state index contributed by atoms with van der Waals surface area (Å²) in [5, 5.41) is 7.08. The average molecular weight is 349 g/mol. The summed E-state index contributed by atoms with van der Waals surface area (Å²) >= 11 is 1.69. The van der Waals surface area contributed by atoms with Crippen molar-refractivity contribution >= 4 is 17.2 Å². The third-order valence-corrected chi connectivity index (χ3v) is 4.95. The van der Waals surface area contributed by atoms with Gasteiger partial charge in [0.25, 0.3) is 5.91 Å². The number of aromatic nitrogens is 2. The molecule has 2 aromatic rings. The molecule has 130 valence electrons. The highest BCUT2D eigenvalue weighted by atomic mass is 32.1. The Kier molecular flexibility index (Phi) is 5.01. The van der Waals surface area contributed by atoms with Gasteiger partial charge in [-0.25, -0.2) is 4.98 Å². The molecule has 1 amide bonds. The first-order valence-corrected chi connectivity index (χ1v) is 9.08. The molecule has 0 N–H and O–H groups in total. The first-order chi connectivity index (χ1) is 11.4. The molecule has 0 aromatic carbocycles. The van der Waals surface area contributed by atoms with E-state index in [0.717, 1.165) is 25.9 Å². The van der Waals surface area contributed by atoms with Crippen molar-refractivity contribution < 1.29 is 14.1 Å². The number of nitrogens with zero attached hydrogens (tertiary/aromatic N) is 3. The Hall–Kier alpha value is -1.73. The Morgan fingerprint density at radius 2 is 2.17 bits per heavy atom. The largest absolute Gasteiger partial charge is 0.368 e. The van der Waals surface area contributed by atoms with Crippen molar-refractivity contribution in [3.05, 3.63) is 34.1 Å². The summed E-state index contributed by atoms with van der Waals surface area (Å²) in [5.74, 6) is 0.964. The minimum atomic E-state index is -0.255. The lowest BCUT2D eigenvalue weighted by atomic mass is 9.97. The number of rotatable bonds is 4. The predicted molar refractivity (Wildman–Crippen MR) is 91.0 cm³/mol. The zero-order chi connectivity index (χ0) is 17.2. The predicted octanol–water partition coefficient (Wildman–Crippen LogP) is 3.47. The van der Waals surface area contributed by atoms with E-state index in [4.69, 9.17) is 9.26 Å². The molecule has 0 saturated carbocycles. The van der Waals surface area contributed by atoms with Gasteiger partial charge in [0.1, 0.15) is 6.61 Å². The summed E-state index contributed by atoms with van der Waals surface area (Å²) in [6, 6.07) is 1.68. The molecule has 0 spiro atoms. The van der Waals surface area contributed by atoms with Crippen molar-refractivity contribution in [2.75, 3.05) is 13.1 Å². The van der Waals surface area contributed by atoms with E-state index in [2.05, 4.69) is 10.1 Å². The average Bonchev–Trinajstić information content (AvgIpc) is 3.23. The molecule has 0 radical (unpaired) electrons. The fraction of sp³-hybridized carbons (Fsp3) is 0.588. The Bertz CT molecular complexity index is 668. The highest BCUT2D eigenvalue weighted by Crippen LogP contribution is 2.29. The molecular weight excluding hydrogens is 326 g/mol. The third-order valence-electron chi connectivity index (χ3n) is 4.01. The number of piperidine rings is 1. The van der Waals surface area contributed by atoms with Crippen molar-refractivity contribution in [3.8, 4) is 0 Å². The van der Waals surface area contributed by atoms with Gasteiger partial charge in [-0.05, 0) is 33.6 Å². The Labute approximate surface area is 145 Å². The number of ether oxygens (including phenoxy) is 1. The Morgan fingerprint density at radius 1 is 1.42 bits per heavy atom. The quantitative estimate of drug-likeness (QED) is 0.845. The van der Waals surface area contributed by atoms with Gasteiger partial charge in [0.15, 0.2) is 11.5 Å². The second-order valence-corrected chi connectivity index (χ2v) is 7.94. The summed E-state index contributed by atoms with van der Waals surface area (Å²) in [4.78, 5) is 18.8. The monoisotopic (exact) mass is 349 g/mol. The van der Waals surface area contributed by atoms with Crippen molar-refractivity contribution in [2.24, 2.45) is 0 Å². The molecule has 2 aromatic heterocycles. The minimum absolute atomic E-state index is 0.0710. The number of carbonyl (C=O) groups is 1. The fourth-order valence-corrected chi connectivity index (χ4v) is 3.51. The highest BCUT2D eigenvalue weighted by molar-refractivity contribution is 7.09. The van der Waals surface area contributed by atoms with Gasteiger partial charge < -0.3 is 14.2 Å². The Balaban J connectivity index is 1.55. The number of amides is 1. The lowest BCUT2D eigenvalue weighted by Gasteiger charge is -2.30. The molecule has 1 saturated heterocycles. The number of likely N-dealkylation sites (tertiary alicyclic amines) is 1. The second kappa shape index (κ2) is 7.03. The minimum Gasteiger partial charge on any atom is -0.368 e. The number of carbonyl (C=O) groups excluding carboxylic acids is 1. The van der Waals surface area contributed by atoms with Crippen LogP contribution in [-0.2, 0) is 11.3 Å². The van der Waals surface area contributed by atoms with Gasteiger partial charge in [0, 0.05) is 36.7 Å². The van der Waals surface area contributed by atoms with Gasteiger partial charge in [0.05, 0.1) is 10.6 Å². The van der Waals surface area contributed by atoms with E-state index < -0.39 is 0 Å². The van der Waals surface area contributed by atoms with E-state index in [0.29, 0.717) is 24.0 Å². The molecule has 0 atom stereocenters. The van der Waals surface area contributed by atoms with Gasteiger partial charge in [-0.15, -0.1) is 11.3 Å². The zero-order valence-corrected chi connectivity index (χ0v) is 15.1. The van der Waals surface area contributed by atoms with E-state index in [9.17, 15) is 4.79 Å². The number of hydrogen-bond donors (Lipinski definition) is 0. The molecule has 0 unspecified atom stereocenters. The maximum absolute atomic E-state index is 12.6. The third kappa shape index (κ3) is 4.21. The maximum Gasteiger partial charge on any atom is 0.276 e. The molecule has 24 heavy (non-hydrogen) atoms. The van der Waals surface area contributed by atoms with E-state index in [1.165, 1.54) is 5.01 Å². The van der Waals surface area contributed by atoms with Crippen molar-refractivity contribution in [3.63, 3.8) is 0 Å². The molecule has 1 aliphatic heterocycles. The van der Waals surface area contributed by atoms with Gasteiger partial charge in [0.2, 0.25) is 0 Å². The second-order valence-electron chi connectivity index (χ2n) is 7.02. The van der Waals surface area contributed by atoms with Crippen LogP contribution in [0, 0.1) is 0 Å². The van der Waals surface area contributed by atoms with Crippen LogP contribution in [0.25, 0.3) is 0 Å². The van der Waals surface area contributed by atoms with Gasteiger partial charge in [-0.2, -0.15) is 0 Å². The van der Waals surface area contributed by atoms with Crippen LogP contribution in [0.5, 0.6) is 0 Å². The first-order valence-electron chi connectivity index (χ1n) is 8.20. The molecule has 3 rings (SSSR count). The van der Waals surface area contributed by atoms with Crippen molar-refractivity contribution in [1.82, 2.24) is 15.0 Å². The summed E-state index contributed by atoms with van der Waals surface area (Å²) in [6.45, 7) is 7.69. The van der Waals surface area contributed by atoms with Crippen LogP contribution >= 0.6 is 11.3 Å². The lowest BCUT2D eigenvalue weighted by molar-refractivity contribution is -0.0241. The van der Waals surface area contributed by atoms with Crippen molar-refractivity contribution in [1.29, 1.82) is 0 Å². The molecule has 7 heteroatoms. The number of thiazole rings is 1. The van der Waals surface area contributed by atoms with Gasteiger partial charge in [-0.3, -0.25) is 4.79 Å². The van der Waals surface area contributed by atoms with Crippen LogP contribution in [0.15, 0.2) is 22.2 Å². The zero-order valence-electron chi connectivity index (χ0n) is 14.3. The highest BCUT2D eigenvalue weighted by Gasteiger charge is 2.27. The molecule has 0 aliphatic carbocycles. The maximum atomic E-state index is 12.6. The fourth-order valence-electron chi connectivity index (χ4n) is 2.70. The molecule has 1 fully saturated rings. The molecule has 6 nitrogen and oxygen atoms in total. The van der Waals surface area contributed by atoms with Gasteiger partial charge >= 0.3 is 0 Å². The number of hydrogen-bond acceptors (Lipinski definition) is 6. The first kappa shape index (κ1) is 17.1. The normalized spacial score (nSPS) is 16.5. The summed E-state index contributed by atoms with van der Waals surface area (Å²) < 4.78 is 10.9. The van der Waals surface area contributed by atoms with E-state index in [1.54, 1.807) is 17.4 Å². The molecule has 3 heterocycles. The SMILES string of the molecule is CC(C)(C)OCc1cc(C(=O)N2CCC(c3nccs3)CC2)no1. The van der Waals surface area contributed by atoms with Crippen LogP contribution in [0.1, 0.15) is 60.8 Å². The van der Waals surface area contributed by atoms with Crippen molar-refractivity contribution in [2.45, 2.75) is 51.7 Å². The molecule has 1 aliphatic rings. The topological polar surface area (TPSA) is 68.5 Å². The molecular formula is C17H23N3O3S.